The number of aromatic nitrogens is 2. The smallest absolute Gasteiger partial charge is 0.417 e. The molecule has 0 bridgehead atoms. The van der Waals surface area contributed by atoms with Crippen LogP contribution in [0.5, 0.6) is 6.01 Å². The molecule has 290 valence electrons. The number of benzene rings is 2. The number of rotatable bonds is 7. The SMILES string of the molecule is CCN(c1nc(OC)nc2c(F)c(-c3ccc(F)c4sc(N)c(C#N)c34)c(C(F)(F)F)cc12)C1CCN(C(=O)C(C)OC)C1C.FC1CC2CCCN2C1. The molecule has 2 aromatic heterocycles. The Kier molecular flexibility index (Phi) is 11.2. The van der Waals surface area contributed by atoms with Crippen molar-refractivity contribution in [2.75, 3.05) is 51.0 Å². The van der Waals surface area contributed by atoms with Gasteiger partial charge in [0.25, 0.3) is 5.91 Å². The highest BCUT2D eigenvalue weighted by atomic mass is 32.1. The van der Waals surface area contributed by atoms with Crippen LogP contribution in [-0.4, -0.2) is 96.5 Å². The van der Waals surface area contributed by atoms with Crippen molar-refractivity contribution < 1.29 is 40.6 Å². The molecule has 5 atom stereocenters. The van der Waals surface area contributed by atoms with Crippen LogP contribution in [0.15, 0.2) is 18.2 Å². The number of halogens is 6. The fourth-order valence-electron chi connectivity index (χ4n) is 8.05. The first-order chi connectivity index (χ1) is 25.6. The van der Waals surface area contributed by atoms with E-state index in [9.17, 15) is 32.0 Å². The third-order valence-electron chi connectivity index (χ3n) is 10.7. The van der Waals surface area contributed by atoms with E-state index in [-0.39, 0.29) is 55.9 Å². The van der Waals surface area contributed by atoms with Crippen LogP contribution in [0, 0.1) is 23.0 Å². The number of alkyl halides is 4. The first-order valence-corrected chi connectivity index (χ1v) is 18.5. The molecular weight excluding hydrogens is 737 g/mol. The highest BCUT2D eigenvalue weighted by molar-refractivity contribution is 7.23. The standard InChI is InChI=1S/C30H29F5N6O3S.C7H12FN/c1-6-40(20-9-10-41(13(20)2)28(42)14(3)43-4)27-16-11-18(30(33,34)35)22(23(32)24(16)38-29(39-27)44-5)15-7-8-19(31)25-21(15)17(12-36)26(37)45-25;8-6-4-7-2-1-3-9(7)5-6/h7-8,11,13-14,20H,6,9-10,37H2,1-5H3;6-7H,1-5H2. The summed E-state index contributed by atoms with van der Waals surface area (Å²) in [5, 5.41) is 9.14. The summed E-state index contributed by atoms with van der Waals surface area (Å²) in [7, 11) is 2.66. The first kappa shape index (κ1) is 39.3. The zero-order valence-corrected chi connectivity index (χ0v) is 31.3. The van der Waals surface area contributed by atoms with Gasteiger partial charge in [0, 0.05) is 55.2 Å². The number of nitrogens with two attached hydrogens (primary N) is 1. The van der Waals surface area contributed by atoms with Crippen molar-refractivity contribution in [3.05, 3.63) is 41.0 Å². The van der Waals surface area contributed by atoms with Crippen LogP contribution in [-0.2, 0) is 15.7 Å². The molecule has 5 unspecified atom stereocenters. The Hall–Kier alpha value is -4.40. The summed E-state index contributed by atoms with van der Waals surface area (Å²) in [6.45, 7) is 7.68. The minimum Gasteiger partial charge on any atom is -0.467 e. The molecule has 4 aromatic rings. The number of nitriles is 1. The normalized spacial score (nSPS) is 21.9. The van der Waals surface area contributed by atoms with Crippen LogP contribution in [0.2, 0.25) is 0 Å². The summed E-state index contributed by atoms with van der Waals surface area (Å²) in [6, 6.07) is 3.99. The molecule has 3 saturated heterocycles. The number of nitrogen functional groups attached to an aromatic ring is 1. The van der Waals surface area contributed by atoms with Crippen molar-refractivity contribution >= 4 is 49.1 Å². The topological polar surface area (TPSA) is 121 Å². The lowest BCUT2D eigenvalue weighted by Crippen LogP contribution is -2.48. The Morgan fingerprint density at radius 1 is 1.20 bits per heavy atom. The van der Waals surface area contributed by atoms with Crippen molar-refractivity contribution in [2.45, 2.75) is 83.0 Å². The van der Waals surface area contributed by atoms with Gasteiger partial charge in [0.2, 0.25) is 0 Å². The predicted molar refractivity (Wildman–Crippen MR) is 194 cm³/mol. The summed E-state index contributed by atoms with van der Waals surface area (Å²) < 4.78 is 98.8. The number of thiophene rings is 1. The lowest BCUT2D eigenvalue weighted by atomic mass is 9.92. The monoisotopic (exact) mass is 777 g/mol. The maximum absolute atomic E-state index is 16.7. The Morgan fingerprint density at radius 2 is 1.94 bits per heavy atom. The molecule has 17 heteroatoms. The van der Waals surface area contributed by atoms with E-state index in [1.165, 1.54) is 27.1 Å². The number of hydrogen-bond acceptors (Lipinski definition) is 10. The second-order valence-corrected chi connectivity index (χ2v) is 14.8. The summed E-state index contributed by atoms with van der Waals surface area (Å²) in [5.74, 6) is -2.42. The van der Waals surface area contributed by atoms with Gasteiger partial charge in [-0.05, 0) is 70.7 Å². The van der Waals surface area contributed by atoms with Gasteiger partial charge in [-0.2, -0.15) is 28.4 Å². The third kappa shape index (κ3) is 6.99. The Labute approximate surface area is 312 Å². The Balaban J connectivity index is 0.000000478. The fraction of sp³-hybridized carbons (Fsp3) is 0.514. The second kappa shape index (κ2) is 15.4. The maximum atomic E-state index is 16.7. The van der Waals surface area contributed by atoms with E-state index in [1.807, 2.05) is 6.92 Å². The molecule has 2 N–H and O–H groups in total. The van der Waals surface area contributed by atoms with E-state index in [0.29, 0.717) is 36.9 Å². The zero-order valence-electron chi connectivity index (χ0n) is 30.4. The number of amides is 1. The number of carbonyl (C=O) groups is 1. The van der Waals surface area contributed by atoms with Crippen LogP contribution >= 0.6 is 11.3 Å². The maximum Gasteiger partial charge on any atom is 0.417 e. The lowest BCUT2D eigenvalue weighted by Gasteiger charge is -2.35. The molecule has 54 heavy (non-hydrogen) atoms. The average Bonchev–Trinajstić information content (AvgIpc) is 3.91. The van der Waals surface area contributed by atoms with Gasteiger partial charge >= 0.3 is 12.2 Å². The quantitative estimate of drug-likeness (QED) is 0.193. The van der Waals surface area contributed by atoms with Crippen LogP contribution in [0.4, 0.5) is 37.2 Å². The van der Waals surface area contributed by atoms with Gasteiger partial charge in [-0.1, -0.05) is 6.07 Å². The Bertz CT molecular complexity index is 2090. The molecule has 3 aliphatic heterocycles. The van der Waals surface area contributed by atoms with E-state index in [4.69, 9.17) is 15.2 Å². The molecule has 0 spiro atoms. The van der Waals surface area contributed by atoms with Gasteiger partial charge in [0.1, 0.15) is 40.5 Å². The number of anilines is 2. The van der Waals surface area contributed by atoms with E-state index >= 15 is 4.39 Å². The Morgan fingerprint density at radius 3 is 2.57 bits per heavy atom. The van der Waals surface area contributed by atoms with Crippen LogP contribution < -0.4 is 15.4 Å². The molecule has 3 fully saturated rings. The number of ether oxygens (including phenoxy) is 2. The molecule has 0 aliphatic carbocycles. The van der Waals surface area contributed by atoms with E-state index in [0.717, 1.165) is 31.2 Å². The minimum atomic E-state index is -5.09. The third-order valence-corrected chi connectivity index (χ3v) is 11.8. The lowest BCUT2D eigenvalue weighted by molar-refractivity contribution is -0.141. The van der Waals surface area contributed by atoms with Gasteiger partial charge in [0.05, 0.1) is 29.0 Å². The van der Waals surface area contributed by atoms with Gasteiger partial charge in [-0.3, -0.25) is 9.69 Å². The van der Waals surface area contributed by atoms with E-state index < -0.39 is 58.8 Å². The molecule has 2 aromatic carbocycles. The number of methoxy groups -OCH3 is 2. The van der Waals surface area contributed by atoms with E-state index in [1.54, 1.807) is 29.7 Å². The molecule has 0 radical (unpaired) electrons. The van der Waals surface area contributed by atoms with Crippen molar-refractivity contribution in [3.8, 4) is 23.2 Å². The van der Waals surface area contributed by atoms with Crippen LogP contribution in [0.1, 0.15) is 57.6 Å². The number of likely N-dealkylation sites (N-methyl/N-ethyl adjacent to an activating group) is 1. The molecule has 10 nitrogen and oxygen atoms in total. The molecule has 1 amide bonds. The summed E-state index contributed by atoms with van der Waals surface area (Å²) in [5.41, 5.74) is 2.53. The fourth-order valence-corrected chi connectivity index (χ4v) is 9.00. The predicted octanol–water partition coefficient (Wildman–Crippen LogP) is 7.31. The van der Waals surface area contributed by atoms with Gasteiger partial charge in [0.15, 0.2) is 5.82 Å². The van der Waals surface area contributed by atoms with Gasteiger partial charge in [-0.15, -0.1) is 11.3 Å². The van der Waals surface area contributed by atoms with Crippen LogP contribution in [0.3, 0.4) is 0 Å². The number of fused-ring (bicyclic) bond motifs is 3. The van der Waals surface area contributed by atoms with Gasteiger partial charge < -0.3 is 25.0 Å². The molecular formula is C37H41F6N7O3S. The summed E-state index contributed by atoms with van der Waals surface area (Å²) in [6.07, 6.45) is -2.51. The first-order valence-electron chi connectivity index (χ1n) is 17.7. The number of likely N-dealkylation sites (tertiary alicyclic amines) is 1. The largest absolute Gasteiger partial charge is 0.467 e. The van der Waals surface area contributed by atoms with Crippen molar-refractivity contribution in [1.82, 2.24) is 19.8 Å². The molecule has 0 saturated carbocycles. The number of hydrogen-bond donors (Lipinski definition) is 1. The van der Waals surface area contributed by atoms with E-state index in [2.05, 4.69) is 14.9 Å². The van der Waals surface area contributed by atoms with Crippen molar-refractivity contribution in [1.29, 1.82) is 5.26 Å². The number of nitrogens with zero attached hydrogens (tertiary/aromatic N) is 6. The summed E-state index contributed by atoms with van der Waals surface area (Å²) in [4.78, 5) is 27.0. The summed E-state index contributed by atoms with van der Waals surface area (Å²) >= 11 is 0.685. The highest BCUT2D eigenvalue weighted by Crippen LogP contribution is 2.48. The van der Waals surface area contributed by atoms with Crippen LogP contribution in [0.25, 0.3) is 32.1 Å². The minimum absolute atomic E-state index is 0.0111. The second-order valence-electron chi connectivity index (χ2n) is 13.7. The highest BCUT2D eigenvalue weighted by Gasteiger charge is 2.42. The molecule has 7 rings (SSSR count). The van der Waals surface area contributed by atoms with Crippen molar-refractivity contribution in [3.63, 3.8) is 0 Å². The van der Waals surface area contributed by atoms with Crippen molar-refractivity contribution in [2.24, 2.45) is 0 Å². The van der Waals surface area contributed by atoms with Gasteiger partial charge in [-0.25, -0.2) is 13.2 Å². The zero-order chi connectivity index (χ0) is 39.2. The number of carbonyl (C=O) groups excluding carboxylic acids is 1. The molecule has 5 heterocycles. The molecule has 3 aliphatic rings. The average molecular weight is 778 g/mol.